The van der Waals surface area contributed by atoms with Crippen molar-refractivity contribution in [2.24, 2.45) is 5.73 Å². The monoisotopic (exact) mass is 430 g/mol. The molecule has 0 radical (unpaired) electrons. The zero-order chi connectivity index (χ0) is 22.8. The third-order valence-corrected chi connectivity index (χ3v) is 4.18. The van der Waals surface area contributed by atoms with Gasteiger partial charge in [-0.3, -0.25) is 9.78 Å². The Morgan fingerprint density at radius 3 is 2.57 bits per heavy atom. The summed E-state index contributed by atoms with van der Waals surface area (Å²) >= 11 is 0. The summed E-state index contributed by atoms with van der Waals surface area (Å²) in [5.74, 6) is -2.83. The average Bonchev–Trinajstić information content (AvgIpc) is 3.20. The van der Waals surface area contributed by atoms with Crippen molar-refractivity contribution in [1.29, 1.82) is 5.26 Å². The second-order valence-electron chi connectivity index (χ2n) is 6.29. The summed E-state index contributed by atoms with van der Waals surface area (Å²) in [5, 5.41) is 19.2. The molecule has 0 saturated carbocycles. The minimum absolute atomic E-state index is 0.233. The van der Waals surface area contributed by atoms with E-state index in [1.165, 1.54) is 23.5 Å². The molecule has 30 heavy (non-hydrogen) atoms. The van der Waals surface area contributed by atoms with Gasteiger partial charge in [0.2, 0.25) is 0 Å². The molecule has 1 saturated heterocycles. The van der Waals surface area contributed by atoms with Crippen LogP contribution in [0.3, 0.4) is 0 Å². The van der Waals surface area contributed by atoms with Crippen molar-refractivity contribution in [2.45, 2.75) is 43.4 Å². The molecule has 2 atom stereocenters. The van der Waals surface area contributed by atoms with Gasteiger partial charge in [0.15, 0.2) is 11.8 Å². The number of nitrogens with zero attached hydrogens (tertiary/aromatic N) is 4. The number of anilines is 1. The second kappa shape index (κ2) is 11.1. The van der Waals surface area contributed by atoms with Crippen LogP contribution in [-0.2, 0) is 14.4 Å². The summed E-state index contributed by atoms with van der Waals surface area (Å²) in [5.41, 5.74) is 4.06. The van der Waals surface area contributed by atoms with Crippen LogP contribution >= 0.6 is 0 Å². The number of alkyl halides is 3. The Labute approximate surface area is 169 Å². The fourth-order valence-corrected chi connectivity index (χ4v) is 2.74. The van der Waals surface area contributed by atoms with Gasteiger partial charge in [-0.2, -0.15) is 18.4 Å². The Morgan fingerprint density at radius 1 is 1.43 bits per heavy atom. The van der Waals surface area contributed by atoms with Gasteiger partial charge in [0.05, 0.1) is 12.3 Å². The summed E-state index contributed by atoms with van der Waals surface area (Å²) in [7, 11) is 0. The molecule has 0 aromatic carbocycles. The maximum absolute atomic E-state index is 13.0. The van der Waals surface area contributed by atoms with Gasteiger partial charge in [-0.15, -0.1) is 0 Å². The quantitative estimate of drug-likeness (QED) is 0.418. The van der Waals surface area contributed by atoms with Gasteiger partial charge >= 0.3 is 12.1 Å². The molecule has 0 bridgehead atoms. The van der Waals surface area contributed by atoms with E-state index in [1.807, 2.05) is 0 Å². The number of hydrogen-bond donors (Lipinski definition) is 3. The number of nitriles is 1. The zero-order valence-corrected chi connectivity index (χ0v) is 15.8. The van der Waals surface area contributed by atoms with Crippen molar-refractivity contribution >= 4 is 24.0 Å². The lowest BCUT2D eigenvalue weighted by Gasteiger charge is -2.33. The minimum Gasteiger partial charge on any atom is -0.475 e. The molecular weight excluding hydrogens is 409 g/mol. The number of carboxylic acid groups (broad SMARTS) is 1. The topological polar surface area (TPSA) is 162 Å². The van der Waals surface area contributed by atoms with Crippen LogP contribution in [0.5, 0.6) is 0 Å². The zero-order valence-electron chi connectivity index (χ0n) is 15.8. The molecule has 164 valence electrons. The molecule has 2 rings (SSSR count). The van der Waals surface area contributed by atoms with Crippen molar-refractivity contribution in [2.75, 3.05) is 18.4 Å². The SMILES string of the molecule is N#C[C@@H]1CCCN1C(=O)[C@](C=O)(CCCN)Nc1cnccn1.O=C(O)C(F)(F)F. The van der Waals surface area contributed by atoms with Crippen LogP contribution in [-0.4, -0.2) is 69.0 Å². The molecule has 1 aromatic heterocycles. The van der Waals surface area contributed by atoms with Gasteiger partial charge in [-0.05, 0) is 32.2 Å². The fraction of sp³-hybridized carbons (Fsp3) is 0.529. The number of nitrogens with two attached hydrogens (primary N) is 1. The van der Waals surface area contributed by atoms with Crippen LogP contribution in [0.4, 0.5) is 19.0 Å². The number of hydrogen-bond acceptors (Lipinski definition) is 8. The Bertz CT molecular complexity index is 771. The van der Waals surface area contributed by atoms with Crippen molar-refractivity contribution in [3.63, 3.8) is 0 Å². The summed E-state index contributed by atoms with van der Waals surface area (Å²) in [4.78, 5) is 43.2. The van der Waals surface area contributed by atoms with Gasteiger partial charge in [0.1, 0.15) is 11.9 Å². The number of halogens is 3. The largest absolute Gasteiger partial charge is 0.490 e. The van der Waals surface area contributed by atoms with Gasteiger partial charge in [0.25, 0.3) is 5.91 Å². The highest BCUT2D eigenvalue weighted by Crippen LogP contribution is 2.25. The van der Waals surface area contributed by atoms with E-state index in [2.05, 4.69) is 21.4 Å². The van der Waals surface area contributed by atoms with E-state index in [-0.39, 0.29) is 6.42 Å². The summed E-state index contributed by atoms with van der Waals surface area (Å²) in [6, 6.07) is 1.62. The predicted octanol–water partition coefficient (Wildman–Crippen LogP) is 0.713. The van der Waals surface area contributed by atoms with E-state index >= 15 is 0 Å². The Hall–Kier alpha value is -3.27. The standard InChI is InChI=1S/C15H20N6O2.C2HF3O2/c16-5-2-4-15(11-22,20-13-10-18-6-7-19-13)14(23)21-8-1-3-12(21)9-17;3-2(4,5)1(6)7/h6-7,10-12H,1-5,8,16H2,(H,19,20);(H,6,7)/t12-,15+;/m0./s1. The maximum atomic E-state index is 13.0. The first-order valence-corrected chi connectivity index (χ1v) is 8.82. The van der Waals surface area contributed by atoms with Crippen LogP contribution in [0, 0.1) is 11.3 Å². The molecule has 0 unspecified atom stereocenters. The van der Waals surface area contributed by atoms with E-state index in [0.717, 1.165) is 6.42 Å². The second-order valence-corrected chi connectivity index (χ2v) is 6.29. The smallest absolute Gasteiger partial charge is 0.475 e. The van der Waals surface area contributed by atoms with Crippen molar-refractivity contribution in [3.8, 4) is 6.07 Å². The Morgan fingerprint density at radius 2 is 2.10 bits per heavy atom. The number of amides is 1. The van der Waals surface area contributed by atoms with E-state index in [9.17, 15) is 28.0 Å². The highest BCUT2D eigenvalue weighted by atomic mass is 19.4. The third-order valence-electron chi connectivity index (χ3n) is 4.18. The average molecular weight is 430 g/mol. The predicted molar refractivity (Wildman–Crippen MR) is 96.8 cm³/mol. The van der Waals surface area contributed by atoms with E-state index in [1.54, 1.807) is 0 Å². The third kappa shape index (κ3) is 6.66. The summed E-state index contributed by atoms with van der Waals surface area (Å²) in [6.07, 6.45) is 2.02. The number of carbonyl (C=O) groups is 3. The number of nitrogens with one attached hydrogen (secondary N) is 1. The Kier molecular flexibility index (Phi) is 9.13. The molecule has 10 nitrogen and oxygen atoms in total. The van der Waals surface area contributed by atoms with Gasteiger partial charge < -0.3 is 25.9 Å². The fourth-order valence-electron chi connectivity index (χ4n) is 2.74. The first kappa shape index (κ1) is 24.8. The maximum Gasteiger partial charge on any atom is 0.490 e. The highest BCUT2D eigenvalue weighted by Gasteiger charge is 2.44. The normalized spacial score (nSPS) is 17.7. The molecule has 1 aliphatic rings. The molecule has 13 heteroatoms. The lowest BCUT2D eigenvalue weighted by molar-refractivity contribution is -0.192. The molecule has 1 aromatic rings. The van der Waals surface area contributed by atoms with Crippen LogP contribution in [0.15, 0.2) is 18.6 Å². The molecular formula is C17H21F3N6O4. The van der Waals surface area contributed by atoms with Crippen molar-refractivity contribution in [3.05, 3.63) is 18.6 Å². The van der Waals surface area contributed by atoms with E-state index in [0.29, 0.717) is 38.0 Å². The van der Waals surface area contributed by atoms with Gasteiger partial charge in [-0.1, -0.05) is 0 Å². The number of aliphatic carboxylic acids is 1. The van der Waals surface area contributed by atoms with E-state index < -0.39 is 29.6 Å². The number of carbonyl (C=O) groups excluding carboxylic acids is 2. The van der Waals surface area contributed by atoms with Gasteiger partial charge in [0, 0.05) is 18.9 Å². The summed E-state index contributed by atoms with van der Waals surface area (Å²) < 4.78 is 31.7. The molecule has 4 N–H and O–H groups in total. The van der Waals surface area contributed by atoms with Crippen LogP contribution in [0.25, 0.3) is 0 Å². The minimum atomic E-state index is -5.08. The van der Waals surface area contributed by atoms with Gasteiger partial charge in [-0.25, -0.2) is 9.78 Å². The number of likely N-dealkylation sites (tertiary alicyclic amines) is 1. The number of aromatic nitrogens is 2. The molecule has 0 aliphatic carbocycles. The number of aldehydes is 1. The molecule has 2 heterocycles. The van der Waals surface area contributed by atoms with Crippen LogP contribution in [0.2, 0.25) is 0 Å². The van der Waals surface area contributed by atoms with Crippen molar-refractivity contribution in [1.82, 2.24) is 14.9 Å². The first-order valence-electron chi connectivity index (χ1n) is 8.82. The Balaban J connectivity index is 0.000000553. The van der Waals surface area contributed by atoms with Crippen LogP contribution in [0.1, 0.15) is 25.7 Å². The number of carboxylic acids is 1. The lowest BCUT2D eigenvalue weighted by atomic mass is 9.92. The first-order chi connectivity index (χ1) is 14.1. The lowest BCUT2D eigenvalue weighted by Crippen LogP contribution is -2.56. The molecule has 1 aliphatic heterocycles. The van der Waals surface area contributed by atoms with Crippen LogP contribution < -0.4 is 11.1 Å². The molecule has 1 amide bonds. The highest BCUT2D eigenvalue weighted by molar-refractivity contribution is 6.04. The number of rotatable bonds is 7. The summed E-state index contributed by atoms with van der Waals surface area (Å²) in [6.45, 7) is 0.824. The van der Waals surface area contributed by atoms with E-state index in [4.69, 9.17) is 15.6 Å². The molecule has 1 fully saturated rings. The molecule has 0 spiro atoms. The van der Waals surface area contributed by atoms with Crippen molar-refractivity contribution < 1.29 is 32.7 Å².